The number of aryl methyl sites for hydroxylation is 1. The van der Waals surface area contributed by atoms with E-state index in [1.54, 1.807) is 24.3 Å². The van der Waals surface area contributed by atoms with Gasteiger partial charge in [0.1, 0.15) is 0 Å². The number of hydrogen-bond acceptors (Lipinski definition) is 6. The van der Waals surface area contributed by atoms with Crippen molar-refractivity contribution in [1.82, 2.24) is 4.98 Å². The molecule has 0 saturated heterocycles. The number of nitrogens with zero attached hydrogens (tertiary/aromatic N) is 1. The SMILES string of the molecule is CC(=O)Nc1ccc(NC(=O)CSc2nc(CC(=O)Nc3ccccc3C)cs2)cc1. The highest BCUT2D eigenvalue weighted by Gasteiger charge is 2.11. The molecule has 9 heteroatoms. The molecular formula is C22H22N4O3S2. The molecule has 31 heavy (non-hydrogen) atoms. The van der Waals surface area contributed by atoms with E-state index in [9.17, 15) is 14.4 Å². The van der Waals surface area contributed by atoms with Gasteiger partial charge in [-0.1, -0.05) is 30.0 Å². The van der Waals surface area contributed by atoms with Crippen molar-refractivity contribution in [2.24, 2.45) is 0 Å². The zero-order valence-electron chi connectivity index (χ0n) is 17.1. The smallest absolute Gasteiger partial charge is 0.234 e. The summed E-state index contributed by atoms with van der Waals surface area (Å²) in [6.07, 6.45) is 0.179. The summed E-state index contributed by atoms with van der Waals surface area (Å²) in [5, 5.41) is 10.2. The largest absolute Gasteiger partial charge is 0.326 e. The molecule has 1 heterocycles. The zero-order chi connectivity index (χ0) is 22.2. The minimum atomic E-state index is -0.161. The summed E-state index contributed by atoms with van der Waals surface area (Å²) >= 11 is 2.73. The van der Waals surface area contributed by atoms with E-state index in [4.69, 9.17) is 0 Å². The number of nitrogens with one attached hydrogen (secondary N) is 3. The third kappa shape index (κ3) is 7.23. The first-order valence-corrected chi connectivity index (χ1v) is 11.4. The van der Waals surface area contributed by atoms with E-state index in [0.717, 1.165) is 15.6 Å². The van der Waals surface area contributed by atoms with E-state index in [1.165, 1.54) is 30.0 Å². The maximum absolute atomic E-state index is 12.3. The van der Waals surface area contributed by atoms with Crippen LogP contribution in [0.15, 0.2) is 58.3 Å². The molecule has 3 N–H and O–H groups in total. The van der Waals surface area contributed by atoms with Crippen molar-refractivity contribution in [3.05, 3.63) is 65.2 Å². The number of amides is 3. The number of aromatic nitrogens is 1. The Kier molecular flexibility index (Phi) is 7.80. The Balaban J connectivity index is 1.45. The fraction of sp³-hybridized carbons (Fsp3) is 0.182. The van der Waals surface area contributed by atoms with Gasteiger partial charge in [0.15, 0.2) is 4.34 Å². The molecule has 3 rings (SSSR count). The molecule has 7 nitrogen and oxygen atoms in total. The summed E-state index contributed by atoms with van der Waals surface area (Å²) in [6, 6.07) is 14.5. The molecule has 0 unspecified atom stereocenters. The maximum atomic E-state index is 12.3. The van der Waals surface area contributed by atoms with Crippen molar-refractivity contribution in [2.75, 3.05) is 21.7 Å². The fourth-order valence-electron chi connectivity index (χ4n) is 2.67. The quantitative estimate of drug-likeness (QED) is 0.440. The average Bonchev–Trinajstić information content (AvgIpc) is 3.16. The maximum Gasteiger partial charge on any atom is 0.234 e. The lowest BCUT2D eigenvalue weighted by Gasteiger charge is -2.07. The first-order valence-electron chi connectivity index (χ1n) is 9.49. The molecule has 0 aliphatic heterocycles. The molecule has 3 amide bonds. The predicted molar refractivity (Wildman–Crippen MR) is 126 cm³/mol. The Morgan fingerprint density at radius 3 is 2.29 bits per heavy atom. The number of rotatable bonds is 8. The Morgan fingerprint density at radius 2 is 1.61 bits per heavy atom. The number of thiazole rings is 1. The van der Waals surface area contributed by atoms with Gasteiger partial charge in [0, 0.05) is 29.4 Å². The number of anilines is 3. The highest BCUT2D eigenvalue weighted by atomic mass is 32.2. The molecule has 0 aliphatic carbocycles. The van der Waals surface area contributed by atoms with Crippen LogP contribution in [0.4, 0.5) is 17.1 Å². The number of para-hydroxylation sites is 1. The van der Waals surface area contributed by atoms with Gasteiger partial charge < -0.3 is 16.0 Å². The van der Waals surface area contributed by atoms with Gasteiger partial charge >= 0.3 is 0 Å². The number of carbonyl (C=O) groups excluding carboxylic acids is 3. The molecule has 0 radical (unpaired) electrons. The fourth-order valence-corrected chi connectivity index (χ4v) is 4.32. The van der Waals surface area contributed by atoms with Gasteiger partial charge in [-0.2, -0.15) is 0 Å². The molecular weight excluding hydrogens is 432 g/mol. The summed E-state index contributed by atoms with van der Waals surface area (Å²) in [6.45, 7) is 3.38. The van der Waals surface area contributed by atoms with Crippen molar-refractivity contribution < 1.29 is 14.4 Å². The lowest BCUT2D eigenvalue weighted by atomic mass is 10.2. The minimum absolute atomic E-state index is 0.128. The molecule has 2 aromatic carbocycles. The summed E-state index contributed by atoms with van der Waals surface area (Å²) in [7, 11) is 0. The Hall–Kier alpha value is -3.17. The van der Waals surface area contributed by atoms with Crippen molar-refractivity contribution in [3.63, 3.8) is 0 Å². The first kappa shape index (κ1) is 22.5. The van der Waals surface area contributed by atoms with Crippen LogP contribution < -0.4 is 16.0 Å². The summed E-state index contributed by atoms with van der Waals surface area (Å²) < 4.78 is 0.731. The highest BCUT2D eigenvalue weighted by molar-refractivity contribution is 8.01. The van der Waals surface area contributed by atoms with Gasteiger partial charge in [-0.15, -0.1) is 11.3 Å². The van der Waals surface area contributed by atoms with Crippen molar-refractivity contribution in [3.8, 4) is 0 Å². The summed E-state index contributed by atoms with van der Waals surface area (Å²) in [4.78, 5) is 39.9. The van der Waals surface area contributed by atoms with Crippen molar-refractivity contribution >= 4 is 57.9 Å². The second-order valence-electron chi connectivity index (χ2n) is 6.74. The van der Waals surface area contributed by atoms with E-state index in [1.807, 2.05) is 36.6 Å². The lowest BCUT2D eigenvalue weighted by Crippen LogP contribution is -2.15. The van der Waals surface area contributed by atoms with Crippen LogP contribution in [0.3, 0.4) is 0 Å². The Bertz CT molecular complexity index is 1080. The molecule has 0 aliphatic rings. The zero-order valence-corrected chi connectivity index (χ0v) is 18.7. The number of carbonyl (C=O) groups is 3. The highest BCUT2D eigenvalue weighted by Crippen LogP contribution is 2.24. The summed E-state index contributed by atoms with van der Waals surface area (Å²) in [5.74, 6) is -0.234. The van der Waals surface area contributed by atoms with Gasteiger partial charge in [0.25, 0.3) is 0 Å². The Morgan fingerprint density at radius 1 is 0.935 bits per heavy atom. The Labute approximate surface area is 188 Å². The van der Waals surface area contributed by atoms with Gasteiger partial charge in [-0.3, -0.25) is 14.4 Å². The topological polar surface area (TPSA) is 100 Å². The molecule has 0 fully saturated rings. The van der Waals surface area contributed by atoms with E-state index in [2.05, 4.69) is 20.9 Å². The molecule has 0 spiro atoms. The van der Waals surface area contributed by atoms with Gasteiger partial charge in [-0.05, 0) is 42.8 Å². The molecule has 0 atom stereocenters. The van der Waals surface area contributed by atoms with Gasteiger partial charge in [-0.25, -0.2) is 4.98 Å². The van der Waals surface area contributed by atoms with E-state index >= 15 is 0 Å². The van der Waals surface area contributed by atoms with Crippen LogP contribution in [-0.2, 0) is 20.8 Å². The second-order valence-corrected chi connectivity index (χ2v) is 8.82. The van der Waals surface area contributed by atoms with Crippen molar-refractivity contribution in [1.29, 1.82) is 0 Å². The van der Waals surface area contributed by atoms with Crippen LogP contribution in [-0.4, -0.2) is 28.5 Å². The molecule has 0 saturated carbocycles. The lowest BCUT2D eigenvalue weighted by molar-refractivity contribution is -0.116. The van der Waals surface area contributed by atoms with Crippen LogP contribution in [0.5, 0.6) is 0 Å². The summed E-state index contributed by atoms with van der Waals surface area (Å²) in [5.41, 5.74) is 3.78. The minimum Gasteiger partial charge on any atom is -0.326 e. The number of benzene rings is 2. The van der Waals surface area contributed by atoms with E-state index in [-0.39, 0.29) is 29.9 Å². The second kappa shape index (κ2) is 10.7. The van der Waals surface area contributed by atoms with E-state index < -0.39 is 0 Å². The third-order valence-corrected chi connectivity index (χ3v) is 6.18. The average molecular weight is 455 g/mol. The van der Waals surface area contributed by atoms with Crippen LogP contribution in [0.2, 0.25) is 0 Å². The predicted octanol–water partition coefficient (Wildman–Crippen LogP) is 4.32. The van der Waals surface area contributed by atoms with Gasteiger partial charge in [0.2, 0.25) is 17.7 Å². The first-order chi connectivity index (χ1) is 14.9. The van der Waals surface area contributed by atoms with Crippen LogP contribution >= 0.6 is 23.1 Å². The molecule has 160 valence electrons. The van der Waals surface area contributed by atoms with Crippen LogP contribution in [0.1, 0.15) is 18.2 Å². The molecule has 3 aromatic rings. The molecule has 1 aromatic heterocycles. The number of thioether (sulfide) groups is 1. The van der Waals surface area contributed by atoms with Crippen LogP contribution in [0, 0.1) is 6.92 Å². The van der Waals surface area contributed by atoms with Crippen molar-refractivity contribution in [2.45, 2.75) is 24.6 Å². The normalized spacial score (nSPS) is 10.4. The van der Waals surface area contributed by atoms with E-state index in [0.29, 0.717) is 17.1 Å². The third-order valence-electron chi connectivity index (χ3n) is 4.11. The number of hydrogen-bond donors (Lipinski definition) is 3. The molecule has 0 bridgehead atoms. The monoisotopic (exact) mass is 454 g/mol. The van der Waals surface area contributed by atoms with Crippen LogP contribution in [0.25, 0.3) is 0 Å². The van der Waals surface area contributed by atoms with Gasteiger partial charge in [0.05, 0.1) is 17.9 Å². The standard InChI is InChI=1S/C22H22N4O3S2/c1-14-5-3-4-6-19(14)26-20(28)11-18-12-30-22(25-18)31-13-21(29)24-17-9-7-16(8-10-17)23-15(2)27/h3-10,12H,11,13H2,1-2H3,(H,23,27)(H,24,29)(H,26,28).